The van der Waals surface area contributed by atoms with E-state index in [1.54, 1.807) is 0 Å². The SMILES string of the molecule is CSSC(=[OH+])OCCN1CN(CCOC(=[OH+])SSC)CN(CCOC(=[OH+])SSC)C1. The van der Waals surface area contributed by atoms with Crippen molar-refractivity contribution in [1.29, 1.82) is 0 Å². The van der Waals surface area contributed by atoms with Gasteiger partial charge in [0, 0.05) is 0 Å². The average Bonchev–Trinajstić information content (AvgIpc) is 2.68. The summed E-state index contributed by atoms with van der Waals surface area (Å²) in [6, 6.07) is 0. The highest BCUT2D eigenvalue weighted by Crippen LogP contribution is 2.19. The summed E-state index contributed by atoms with van der Waals surface area (Å²) in [6.07, 6.45) is 5.61. The molecule has 3 N–H and O–H groups in total. The fraction of sp³-hybridized carbons (Fsp3) is 0.800. The van der Waals surface area contributed by atoms with E-state index in [0.717, 1.165) is 20.0 Å². The number of hydrogen-bond donors (Lipinski definition) is 0. The van der Waals surface area contributed by atoms with Crippen molar-refractivity contribution >= 4 is 80.7 Å². The van der Waals surface area contributed by atoms with E-state index in [2.05, 4.69) is 14.7 Å². The molecule has 0 aromatic carbocycles. The van der Waals surface area contributed by atoms with Crippen molar-refractivity contribution in [2.75, 3.05) is 78.2 Å². The monoisotopic (exact) mass is 540 g/mol. The average molecular weight is 541 g/mol. The Balaban J connectivity index is 2.47. The van der Waals surface area contributed by atoms with Crippen LogP contribution in [-0.4, -0.2) is 123 Å². The lowest BCUT2D eigenvalue weighted by Gasteiger charge is -2.40. The zero-order valence-corrected chi connectivity index (χ0v) is 22.1. The highest BCUT2D eigenvalue weighted by Gasteiger charge is 2.26. The van der Waals surface area contributed by atoms with Crippen molar-refractivity contribution in [3.8, 4) is 0 Å². The standard InChI is InChI=1S/C15H27N3O6S6/c1-25-28-13(19)22-7-4-16-10-17(5-8-23-14(20)29-26-2)12-18(11-16)6-9-24-15(21)30-27-3/h4-12H2,1-3H3/p+3. The lowest BCUT2D eigenvalue weighted by atomic mass is 10.4. The Kier molecular flexibility index (Phi) is 16.9. The first-order valence-corrected chi connectivity index (χ1v) is 16.5. The molecule has 15 heteroatoms. The molecule has 0 atom stereocenters. The Bertz CT molecular complexity index is 458. The third kappa shape index (κ3) is 13.7. The van der Waals surface area contributed by atoms with Gasteiger partial charge in [-0.2, -0.15) is 0 Å². The zero-order valence-electron chi connectivity index (χ0n) is 17.2. The molecule has 0 amide bonds. The van der Waals surface area contributed by atoms with Gasteiger partial charge in [-0.3, -0.25) is 14.7 Å². The van der Waals surface area contributed by atoms with Gasteiger partial charge < -0.3 is 28.6 Å². The van der Waals surface area contributed by atoms with Gasteiger partial charge in [0.1, 0.15) is 0 Å². The lowest BCUT2D eigenvalue weighted by molar-refractivity contribution is -0.0432. The van der Waals surface area contributed by atoms with Crippen LogP contribution in [0.2, 0.25) is 0 Å². The molecular formula is C15H30N3O6S6+3. The van der Waals surface area contributed by atoms with E-state index in [4.69, 9.17) is 14.2 Å². The van der Waals surface area contributed by atoms with Gasteiger partial charge >= 0.3 is 15.9 Å². The Morgan fingerprint density at radius 2 is 0.867 bits per heavy atom. The summed E-state index contributed by atoms with van der Waals surface area (Å²) in [5.41, 5.74) is 0. The molecule has 1 heterocycles. The van der Waals surface area contributed by atoms with E-state index in [1.807, 2.05) is 18.8 Å². The molecule has 1 fully saturated rings. The van der Waals surface area contributed by atoms with Gasteiger partial charge in [-0.05, 0) is 18.8 Å². The molecule has 1 rings (SSSR count). The van der Waals surface area contributed by atoms with E-state index < -0.39 is 0 Å². The van der Waals surface area contributed by atoms with Gasteiger partial charge in [0.25, 0.3) is 0 Å². The summed E-state index contributed by atoms with van der Waals surface area (Å²) in [4.78, 5) is 35.4. The van der Waals surface area contributed by atoms with Crippen LogP contribution in [0.3, 0.4) is 0 Å². The van der Waals surface area contributed by atoms with Gasteiger partial charge in [0.2, 0.25) is 0 Å². The van der Waals surface area contributed by atoms with Crippen molar-refractivity contribution in [3.63, 3.8) is 0 Å². The van der Waals surface area contributed by atoms with Crippen molar-refractivity contribution in [1.82, 2.24) is 14.7 Å². The first-order chi connectivity index (χ1) is 14.5. The van der Waals surface area contributed by atoms with Crippen LogP contribution in [0.15, 0.2) is 0 Å². The van der Waals surface area contributed by atoms with Crippen molar-refractivity contribution in [3.05, 3.63) is 0 Å². The molecule has 0 radical (unpaired) electrons. The molecule has 30 heavy (non-hydrogen) atoms. The Labute approximate surface area is 201 Å². The molecule has 0 unspecified atom stereocenters. The minimum atomic E-state index is -0.0374. The summed E-state index contributed by atoms with van der Waals surface area (Å²) in [6.45, 7) is 5.24. The summed E-state index contributed by atoms with van der Waals surface area (Å²) in [5.74, 6) is 0. The molecule has 9 nitrogen and oxygen atoms in total. The zero-order chi connectivity index (χ0) is 22.2. The van der Waals surface area contributed by atoms with Crippen LogP contribution in [0.25, 0.3) is 0 Å². The molecule has 0 saturated carbocycles. The van der Waals surface area contributed by atoms with E-state index in [0.29, 0.717) is 39.5 Å². The Morgan fingerprint density at radius 1 is 0.600 bits per heavy atom. The summed E-state index contributed by atoms with van der Waals surface area (Å²) < 4.78 is 16.0. The van der Waals surface area contributed by atoms with Gasteiger partial charge in [-0.15, -0.1) is 0 Å². The van der Waals surface area contributed by atoms with Crippen molar-refractivity contribution < 1.29 is 28.6 Å². The maximum absolute atomic E-state index is 9.61. The molecule has 1 aliphatic rings. The fourth-order valence-corrected chi connectivity index (χ4v) is 5.02. The van der Waals surface area contributed by atoms with Crippen molar-refractivity contribution in [2.45, 2.75) is 0 Å². The topological polar surface area (TPSA) is 102 Å². The van der Waals surface area contributed by atoms with Crippen LogP contribution >= 0.6 is 64.8 Å². The third-order valence-corrected chi connectivity index (χ3v) is 7.63. The first-order valence-electron chi connectivity index (χ1n) is 8.83. The highest BCUT2D eigenvalue weighted by atomic mass is 33.1. The van der Waals surface area contributed by atoms with E-state index in [9.17, 15) is 14.4 Å². The van der Waals surface area contributed by atoms with Crippen LogP contribution in [0.1, 0.15) is 0 Å². The summed E-state index contributed by atoms with van der Waals surface area (Å²) in [5, 5.41) is -0.112. The van der Waals surface area contributed by atoms with Crippen LogP contribution in [-0.2, 0) is 14.2 Å². The first kappa shape index (κ1) is 28.4. The quantitative estimate of drug-likeness (QED) is 0.157. The van der Waals surface area contributed by atoms with Crippen LogP contribution in [0.4, 0.5) is 0 Å². The van der Waals surface area contributed by atoms with Crippen molar-refractivity contribution in [2.24, 2.45) is 0 Å². The molecule has 0 aromatic rings. The minimum absolute atomic E-state index is 0.0374. The molecule has 1 saturated heterocycles. The molecule has 174 valence electrons. The minimum Gasteiger partial charge on any atom is -0.329 e. The van der Waals surface area contributed by atoms with Crippen LogP contribution in [0, 0.1) is 0 Å². The van der Waals surface area contributed by atoms with Gasteiger partial charge in [0.05, 0.1) is 72.0 Å². The predicted octanol–water partition coefficient (Wildman–Crippen LogP) is 2.24. The number of nitrogens with zero attached hydrogens (tertiary/aromatic N) is 3. The van der Waals surface area contributed by atoms with E-state index in [-0.39, 0.29) is 15.9 Å². The normalized spacial score (nSPS) is 15.7. The summed E-state index contributed by atoms with van der Waals surface area (Å²) >= 11 is 0. The van der Waals surface area contributed by atoms with Gasteiger partial charge in [0.15, 0.2) is 19.8 Å². The molecule has 0 aliphatic carbocycles. The van der Waals surface area contributed by atoms with Crippen LogP contribution < -0.4 is 0 Å². The molecule has 1 aliphatic heterocycles. The second kappa shape index (κ2) is 17.9. The smallest absolute Gasteiger partial charge is 0.329 e. The van der Waals surface area contributed by atoms with E-state index >= 15 is 0 Å². The summed E-state index contributed by atoms with van der Waals surface area (Å²) in [7, 11) is 7.83. The molecule has 0 spiro atoms. The molecular weight excluding hydrogens is 511 g/mol. The Morgan fingerprint density at radius 3 is 1.10 bits per heavy atom. The Hall–Kier alpha value is 0.390. The van der Waals surface area contributed by atoms with Crippen LogP contribution in [0.5, 0.6) is 0 Å². The van der Waals surface area contributed by atoms with E-state index in [1.165, 1.54) is 64.8 Å². The maximum atomic E-state index is 9.61. The lowest BCUT2D eigenvalue weighted by Crippen LogP contribution is -2.56. The second-order valence-electron chi connectivity index (χ2n) is 5.70. The number of ether oxygens (including phenoxy) is 3. The van der Waals surface area contributed by atoms with Gasteiger partial charge in [-0.25, -0.2) is 0 Å². The predicted molar refractivity (Wildman–Crippen MR) is 137 cm³/mol. The largest absolute Gasteiger partial charge is 0.561 e. The van der Waals surface area contributed by atoms with Gasteiger partial charge in [-0.1, -0.05) is 32.4 Å². The number of carbonyl (C=O) groups excluding carboxylic acids is 3. The highest BCUT2D eigenvalue weighted by molar-refractivity contribution is 8.82. The fourth-order valence-electron chi connectivity index (χ4n) is 2.48. The maximum Gasteiger partial charge on any atom is 0.561 e. The number of rotatable bonds is 12. The molecule has 0 bridgehead atoms. The molecule has 0 aromatic heterocycles. The number of hydrogen-bond acceptors (Lipinski definition) is 12. The second-order valence-corrected chi connectivity index (χ2v) is 12.7. The third-order valence-electron chi connectivity index (χ3n) is 3.56.